The number of hydrogen-bond donors (Lipinski definition) is 1. The molecule has 1 amide bonds. The second-order valence-corrected chi connectivity index (χ2v) is 6.00. The molecule has 0 unspecified atom stereocenters. The van der Waals surface area contributed by atoms with Gasteiger partial charge in [0.05, 0.1) is 0 Å². The molecule has 82 valence electrons. The summed E-state index contributed by atoms with van der Waals surface area (Å²) in [5, 5.41) is 0. The van der Waals surface area contributed by atoms with E-state index in [0.29, 0.717) is 0 Å². The first-order valence-electron chi connectivity index (χ1n) is 4.82. The van der Waals surface area contributed by atoms with Crippen molar-refractivity contribution in [2.24, 2.45) is 5.73 Å². The van der Waals surface area contributed by atoms with Crippen LogP contribution in [0.25, 0.3) is 0 Å². The Hall–Kier alpha value is -0.320. The summed E-state index contributed by atoms with van der Waals surface area (Å²) >= 11 is -0.383. The first-order chi connectivity index (χ1) is 6.66. The number of allylic oxidation sites excluding steroid dienone is 4. The molecule has 0 saturated heterocycles. The van der Waals surface area contributed by atoms with Crippen LogP contribution in [0.1, 0.15) is 33.1 Å². The zero-order chi connectivity index (χ0) is 10.8. The van der Waals surface area contributed by atoms with Crippen molar-refractivity contribution in [2.75, 3.05) is 4.43 Å². The van der Waals surface area contributed by atoms with Gasteiger partial charge in [0.15, 0.2) is 0 Å². The molecule has 0 atom stereocenters. The van der Waals surface area contributed by atoms with E-state index in [2.05, 4.69) is 25.2 Å². The quantitative estimate of drug-likeness (QED) is 0.174. The van der Waals surface area contributed by atoms with Crippen LogP contribution in [0.4, 0.5) is 4.79 Å². The summed E-state index contributed by atoms with van der Waals surface area (Å²) in [6.45, 7) is 4.17. The Bertz CT molecular complexity index is 221. The third kappa shape index (κ3) is 9.77. The standard InChI is InChI=1S/C11H19INO/c1-3-4-7-10(2)8-5-6-9-12-11(13)14/h3-4,8H,5-7,9H2,1-2H3,(H2,13,14)/q-1/b4-3+,10-8-. The fraction of sp³-hybridized carbons (Fsp3) is 0.545. The van der Waals surface area contributed by atoms with Gasteiger partial charge in [-0.3, -0.25) is 0 Å². The molecule has 0 bridgehead atoms. The fourth-order valence-corrected chi connectivity index (χ4v) is 2.33. The molecular formula is C11H19INO-. The van der Waals surface area contributed by atoms with Crippen molar-refractivity contribution in [3.8, 4) is 0 Å². The summed E-state index contributed by atoms with van der Waals surface area (Å²) in [6, 6.07) is 0. The van der Waals surface area contributed by atoms with Crippen LogP contribution in [-0.2, 0) is 0 Å². The number of carbonyl (C=O) groups excluding carboxylic acids is 1. The van der Waals surface area contributed by atoms with Crippen molar-refractivity contribution in [3.63, 3.8) is 0 Å². The maximum absolute atomic E-state index is 10.5. The molecule has 2 N–H and O–H groups in total. The van der Waals surface area contributed by atoms with E-state index in [1.807, 2.05) is 6.92 Å². The van der Waals surface area contributed by atoms with E-state index in [1.54, 1.807) is 0 Å². The molecule has 0 aliphatic heterocycles. The number of alkyl halides is 1. The van der Waals surface area contributed by atoms with Crippen molar-refractivity contribution in [2.45, 2.75) is 33.1 Å². The molecule has 14 heavy (non-hydrogen) atoms. The second-order valence-electron chi connectivity index (χ2n) is 3.09. The van der Waals surface area contributed by atoms with Crippen molar-refractivity contribution >= 4 is 3.91 Å². The Morgan fingerprint density at radius 3 is 2.79 bits per heavy atom. The van der Waals surface area contributed by atoms with Crippen molar-refractivity contribution in [1.82, 2.24) is 0 Å². The van der Waals surface area contributed by atoms with Gasteiger partial charge in [0.2, 0.25) is 0 Å². The van der Waals surface area contributed by atoms with Gasteiger partial charge in [0.1, 0.15) is 0 Å². The average molecular weight is 308 g/mol. The number of amides is 1. The van der Waals surface area contributed by atoms with E-state index >= 15 is 0 Å². The Labute approximate surface area is 96.9 Å². The van der Waals surface area contributed by atoms with Gasteiger partial charge in [-0.25, -0.2) is 0 Å². The molecule has 3 heteroatoms. The van der Waals surface area contributed by atoms with E-state index in [-0.39, 0.29) is 25.1 Å². The van der Waals surface area contributed by atoms with E-state index in [1.165, 1.54) is 5.57 Å². The van der Waals surface area contributed by atoms with E-state index in [9.17, 15) is 4.79 Å². The van der Waals surface area contributed by atoms with Gasteiger partial charge >= 0.3 is 97.0 Å². The molecule has 0 aromatic rings. The molecule has 0 spiro atoms. The summed E-state index contributed by atoms with van der Waals surface area (Å²) in [5.41, 5.74) is 6.49. The zero-order valence-electron chi connectivity index (χ0n) is 8.92. The number of hydrogen-bond acceptors (Lipinski definition) is 1. The summed E-state index contributed by atoms with van der Waals surface area (Å²) < 4.78 is 0.931. The fourth-order valence-electron chi connectivity index (χ4n) is 0.973. The normalized spacial score (nSPS) is 12.6. The van der Waals surface area contributed by atoms with Crippen LogP contribution in [-0.4, -0.2) is 8.34 Å². The van der Waals surface area contributed by atoms with Crippen LogP contribution in [0.5, 0.6) is 0 Å². The molecule has 0 fully saturated rings. The van der Waals surface area contributed by atoms with Crippen molar-refractivity contribution < 1.29 is 26.0 Å². The van der Waals surface area contributed by atoms with Gasteiger partial charge in [-0.05, 0) is 0 Å². The van der Waals surface area contributed by atoms with Gasteiger partial charge in [0.25, 0.3) is 0 Å². The van der Waals surface area contributed by atoms with E-state index in [4.69, 9.17) is 5.73 Å². The minimum absolute atomic E-state index is 0.0848. The van der Waals surface area contributed by atoms with Crippen LogP contribution in [0.3, 0.4) is 0 Å². The molecule has 0 aliphatic carbocycles. The molecule has 0 radical (unpaired) electrons. The van der Waals surface area contributed by atoms with Crippen LogP contribution in [0, 0.1) is 0 Å². The second kappa shape index (κ2) is 9.24. The van der Waals surface area contributed by atoms with Crippen molar-refractivity contribution in [3.05, 3.63) is 23.8 Å². The molecular weight excluding hydrogens is 289 g/mol. The summed E-state index contributed by atoms with van der Waals surface area (Å²) in [4.78, 5) is 10.5. The summed E-state index contributed by atoms with van der Waals surface area (Å²) in [7, 11) is 0. The molecule has 2 nitrogen and oxygen atoms in total. The van der Waals surface area contributed by atoms with E-state index < -0.39 is 0 Å². The van der Waals surface area contributed by atoms with Gasteiger partial charge in [0, 0.05) is 0 Å². The molecule has 0 aliphatic rings. The van der Waals surface area contributed by atoms with Gasteiger partial charge in [-0.1, -0.05) is 0 Å². The number of unbranched alkanes of at least 4 members (excludes halogenated alkanes) is 1. The number of carbonyl (C=O) groups is 1. The summed E-state index contributed by atoms with van der Waals surface area (Å²) in [6.07, 6.45) is 9.70. The monoisotopic (exact) mass is 308 g/mol. The molecule has 0 saturated carbocycles. The Kier molecular flexibility index (Phi) is 9.03. The van der Waals surface area contributed by atoms with Crippen LogP contribution < -0.4 is 26.9 Å². The number of halogens is 1. The van der Waals surface area contributed by atoms with Gasteiger partial charge < -0.3 is 0 Å². The predicted octanol–water partition coefficient (Wildman–Crippen LogP) is -0.153. The van der Waals surface area contributed by atoms with Crippen LogP contribution in [0.2, 0.25) is 0 Å². The Morgan fingerprint density at radius 1 is 1.50 bits per heavy atom. The molecule has 0 aromatic heterocycles. The molecule has 0 aromatic carbocycles. The van der Waals surface area contributed by atoms with Gasteiger partial charge in [-0.2, -0.15) is 0 Å². The topological polar surface area (TPSA) is 43.1 Å². The number of rotatable bonds is 7. The average Bonchev–Trinajstić information content (AvgIpc) is 2.13. The predicted molar refractivity (Wildman–Crippen MR) is 56.9 cm³/mol. The summed E-state index contributed by atoms with van der Waals surface area (Å²) in [5.74, 6) is 0. The van der Waals surface area contributed by atoms with E-state index in [0.717, 1.165) is 23.7 Å². The Morgan fingerprint density at radius 2 is 2.21 bits per heavy atom. The first kappa shape index (κ1) is 13.7. The van der Waals surface area contributed by atoms with Crippen LogP contribution in [0.15, 0.2) is 23.8 Å². The van der Waals surface area contributed by atoms with Crippen molar-refractivity contribution in [1.29, 1.82) is 0 Å². The Balaban J connectivity index is 3.45. The number of primary amides is 1. The zero-order valence-corrected chi connectivity index (χ0v) is 11.1. The maximum atomic E-state index is 10.5. The third-order valence-electron chi connectivity index (χ3n) is 1.73. The minimum atomic E-state index is -0.383. The third-order valence-corrected chi connectivity index (χ3v) is 3.79. The van der Waals surface area contributed by atoms with Crippen LogP contribution >= 0.6 is 0 Å². The first-order valence-corrected chi connectivity index (χ1v) is 7.42. The SMILES string of the molecule is C/C=C/C/C(C)=C\CCC[I-]C(N)=O. The van der Waals surface area contributed by atoms with Gasteiger partial charge in [-0.15, -0.1) is 0 Å². The molecule has 0 heterocycles. The number of nitrogens with two attached hydrogens (primary N) is 1. The molecule has 0 rings (SSSR count).